The smallest absolute Gasteiger partial charge is 0.254 e. The molecule has 0 radical (unpaired) electrons. The second kappa shape index (κ2) is 4.86. The van der Waals surface area contributed by atoms with Crippen molar-refractivity contribution in [2.75, 3.05) is 0 Å². The summed E-state index contributed by atoms with van der Waals surface area (Å²) in [5.74, 6) is -3.80. The van der Waals surface area contributed by atoms with Gasteiger partial charge in [-0.2, -0.15) is 0 Å². The van der Waals surface area contributed by atoms with Gasteiger partial charge < -0.3 is 5.32 Å². The van der Waals surface area contributed by atoms with Gasteiger partial charge in [0.15, 0.2) is 11.6 Å². The van der Waals surface area contributed by atoms with Gasteiger partial charge in [0.05, 0.1) is 10.5 Å². The van der Waals surface area contributed by atoms with Crippen LogP contribution in [-0.2, 0) is 10.0 Å². The molecule has 0 aromatic heterocycles. The number of halogens is 2. The molecule has 5 nitrogen and oxygen atoms in total. The van der Waals surface area contributed by atoms with E-state index in [0.29, 0.717) is 12.1 Å². The van der Waals surface area contributed by atoms with Crippen LogP contribution in [0, 0.1) is 11.6 Å². The summed E-state index contributed by atoms with van der Waals surface area (Å²) in [5.41, 5.74) is -1.39. The number of amides is 1. The third-order valence-electron chi connectivity index (χ3n) is 2.06. The second-order valence-electron chi connectivity index (χ2n) is 5.02. The Bertz CT molecular complexity index is 622. The van der Waals surface area contributed by atoms with E-state index in [4.69, 9.17) is 5.14 Å². The van der Waals surface area contributed by atoms with E-state index >= 15 is 0 Å². The van der Waals surface area contributed by atoms with Crippen LogP contribution in [0.1, 0.15) is 31.1 Å². The van der Waals surface area contributed by atoms with Crippen molar-refractivity contribution < 1.29 is 22.0 Å². The van der Waals surface area contributed by atoms with E-state index in [1.807, 2.05) is 0 Å². The van der Waals surface area contributed by atoms with E-state index in [1.165, 1.54) is 0 Å². The van der Waals surface area contributed by atoms with Gasteiger partial charge in [0, 0.05) is 5.54 Å². The molecule has 1 amide bonds. The molecule has 0 aliphatic carbocycles. The van der Waals surface area contributed by atoms with E-state index in [-0.39, 0.29) is 0 Å². The van der Waals surface area contributed by atoms with Gasteiger partial charge in [-0.3, -0.25) is 4.79 Å². The molecule has 0 bridgehead atoms. The summed E-state index contributed by atoms with van der Waals surface area (Å²) in [7, 11) is -4.23. The molecule has 0 aliphatic rings. The first-order valence-electron chi connectivity index (χ1n) is 5.26. The molecule has 1 aromatic rings. The van der Waals surface area contributed by atoms with Gasteiger partial charge in [-0.15, -0.1) is 0 Å². The molecule has 3 N–H and O–H groups in total. The predicted molar refractivity (Wildman–Crippen MR) is 65.0 cm³/mol. The molecule has 0 saturated heterocycles. The van der Waals surface area contributed by atoms with Gasteiger partial charge in [0.2, 0.25) is 10.0 Å². The maximum absolute atomic E-state index is 13.5. The third-order valence-corrected chi connectivity index (χ3v) is 2.96. The molecular formula is C11H14F2N2O3S. The van der Waals surface area contributed by atoms with Crippen molar-refractivity contribution in [2.45, 2.75) is 31.2 Å². The lowest BCUT2D eigenvalue weighted by atomic mass is 10.1. The lowest BCUT2D eigenvalue weighted by molar-refractivity contribution is 0.0914. The summed E-state index contributed by atoms with van der Waals surface area (Å²) >= 11 is 0. The van der Waals surface area contributed by atoms with E-state index in [1.54, 1.807) is 20.8 Å². The highest BCUT2D eigenvalue weighted by Crippen LogP contribution is 2.18. The minimum absolute atomic E-state index is 0.429. The zero-order valence-corrected chi connectivity index (χ0v) is 11.4. The fourth-order valence-electron chi connectivity index (χ4n) is 1.30. The Hall–Kier alpha value is -1.54. The van der Waals surface area contributed by atoms with Gasteiger partial charge in [-0.25, -0.2) is 22.3 Å². The van der Waals surface area contributed by atoms with Crippen molar-refractivity contribution in [3.8, 4) is 0 Å². The van der Waals surface area contributed by atoms with Crippen LogP contribution in [0.15, 0.2) is 17.0 Å². The lowest BCUT2D eigenvalue weighted by Gasteiger charge is -2.20. The summed E-state index contributed by atoms with van der Waals surface area (Å²) in [6.45, 7) is 4.92. The average Bonchev–Trinajstić information content (AvgIpc) is 2.17. The van der Waals surface area contributed by atoms with E-state index < -0.39 is 43.6 Å². The minimum Gasteiger partial charge on any atom is -0.347 e. The third kappa shape index (κ3) is 3.97. The van der Waals surface area contributed by atoms with Crippen LogP contribution in [0.2, 0.25) is 0 Å². The Balaban J connectivity index is 3.36. The molecule has 0 heterocycles. The molecule has 0 saturated carbocycles. The van der Waals surface area contributed by atoms with Gasteiger partial charge >= 0.3 is 0 Å². The summed E-state index contributed by atoms with van der Waals surface area (Å²) in [6, 6.07) is 1.13. The van der Waals surface area contributed by atoms with Crippen molar-refractivity contribution in [3.05, 3.63) is 29.3 Å². The highest BCUT2D eigenvalue weighted by molar-refractivity contribution is 7.89. The van der Waals surface area contributed by atoms with Crippen molar-refractivity contribution in [2.24, 2.45) is 5.14 Å². The minimum atomic E-state index is -4.23. The zero-order valence-electron chi connectivity index (χ0n) is 10.6. The molecule has 19 heavy (non-hydrogen) atoms. The topological polar surface area (TPSA) is 89.3 Å². The highest BCUT2D eigenvalue weighted by Gasteiger charge is 2.23. The normalized spacial score (nSPS) is 12.3. The number of hydrogen-bond donors (Lipinski definition) is 2. The standard InChI is InChI=1S/C11H14F2N2O3S/c1-11(2,3)15-10(16)7-4-6(19(14,17)18)5-8(12)9(7)13/h4-5H,1-3H3,(H,15,16)(H2,14,17,18). The van der Waals surface area contributed by atoms with Gasteiger partial charge in [0.1, 0.15) is 0 Å². The number of nitrogens with two attached hydrogens (primary N) is 1. The van der Waals surface area contributed by atoms with Crippen LogP contribution in [0.25, 0.3) is 0 Å². The fourth-order valence-corrected chi connectivity index (χ4v) is 1.85. The Morgan fingerprint density at radius 1 is 1.26 bits per heavy atom. The molecule has 0 aliphatic heterocycles. The number of nitrogens with one attached hydrogen (secondary N) is 1. The van der Waals surface area contributed by atoms with Crippen LogP contribution in [0.5, 0.6) is 0 Å². The number of carbonyl (C=O) groups is 1. The van der Waals surface area contributed by atoms with Crippen LogP contribution >= 0.6 is 0 Å². The second-order valence-corrected chi connectivity index (χ2v) is 6.58. The van der Waals surface area contributed by atoms with Crippen molar-refractivity contribution in [3.63, 3.8) is 0 Å². The summed E-state index contributed by atoms with van der Waals surface area (Å²) < 4.78 is 49.0. The van der Waals surface area contributed by atoms with Crippen LogP contribution in [0.3, 0.4) is 0 Å². The van der Waals surface area contributed by atoms with Gasteiger partial charge in [0.25, 0.3) is 5.91 Å². The van der Waals surface area contributed by atoms with Gasteiger partial charge in [-0.1, -0.05) is 0 Å². The Kier molecular flexibility index (Phi) is 3.97. The van der Waals surface area contributed by atoms with Crippen molar-refractivity contribution >= 4 is 15.9 Å². The summed E-state index contributed by atoms with van der Waals surface area (Å²) in [4.78, 5) is 11.1. The maximum Gasteiger partial charge on any atom is 0.254 e. The molecule has 0 unspecified atom stereocenters. The number of hydrogen-bond acceptors (Lipinski definition) is 3. The van der Waals surface area contributed by atoms with Crippen LogP contribution in [0.4, 0.5) is 8.78 Å². The zero-order chi connectivity index (χ0) is 15.0. The van der Waals surface area contributed by atoms with Crippen molar-refractivity contribution in [1.82, 2.24) is 5.32 Å². The molecule has 0 fully saturated rings. The molecule has 0 spiro atoms. The SMILES string of the molecule is CC(C)(C)NC(=O)c1cc(S(N)(=O)=O)cc(F)c1F. The number of sulfonamides is 1. The largest absolute Gasteiger partial charge is 0.347 e. The predicted octanol–water partition coefficient (Wildman–Crippen LogP) is 1.14. The molecule has 1 aromatic carbocycles. The first kappa shape index (κ1) is 15.5. The van der Waals surface area contributed by atoms with Crippen LogP contribution < -0.4 is 10.5 Å². The fraction of sp³-hybridized carbons (Fsp3) is 0.364. The molecular weight excluding hydrogens is 278 g/mol. The molecule has 8 heteroatoms. The first-order chi connectivity index (χ1) is 8.42. The number of carbonyl (C=O) groups excluding carboxylic acids is 1. The molecule has 1 rings (SSSR count). The quantitative estimate of drug-likeness (QED) is 0.856. The number of benzene rings is 1. The average molecular weight is 292 g/mol. The van der Waals surface area contributed by atoms with Gasteiger partial charge in [-0.05, 0) is 32.9 Å². The van der Waals surface area contributed by atoms with E-state index in [0.717, 1.165) is 0 Å². The first-order valence-corrected chi connectivity index (χ1v) is 6.81. The molecule has 0 atom stereocenters. The summed E-state index contributed by atoms with van der Waals surface area (Å²) in [6.07, 6.45) is 0. The lowest BCUT2D eigenvalue weighted by Crippen LogP contribution is -2.41. The van der Waals surface area contributed by atoms with Crippen LogP contribution in [-0.4, -0.2) is 19.9 Å². The molecule has 106 valence electrons. The Morgan fingerprint density at radius 3 is 2.21 bits per heavy atom. The van der Waals surface area contributed by atoms with Crippen molar-refractivity contribution in [1.29, 1.82) is 0 Å². The number of primary sulfonamides is 1. The monoisotopic (exact) mass is 292 g/mol. The van der Waals surface area contributed by atoms with E-state index in [9.17, 15) is 22.0 Å². The Labute approximate surface area is 109 Å². The number of rotatable bonds is 2. The summed E-state index contributed by atoms with van der Waals surface area (Å²) in [5, 5.41) is 7.22. The van der Waals surface area contributed by atoms with E-state index in [2.05, 4.69) is 5.32 Å². The maximum atomic E-state index is 13.5. The highest BCUT2D eigenvalue weighted by atomic mass is 32.2. The Morgan fingerprint density at radius 2 is 1.79 bits per heavy atom.